The normalized spacial score (nSPS) is 16.2. The maximum atomic E-state index is 5.38. The van der Waals surface area contributed by atoms with Gasteiger partial charge in [0.15, 0.2) is 17.5 Å². The van der Waals surface area contributed by atoms with Crippen LogP contribution in [0.4, 0.5) is 0 Å². The Morgan fingerprint density at radius 1 is 1.15 bits per heavy atom. The lowest BCUT2D eigenvalue weighted by molar-refractivity contribution is 0.214. The van der Waals surface area contributed by atoms with Crippen LogP contribution in [0.25, 0.3) is 0 Å². The van der Waals surface area contributed by atoms with Crippen LogP contribution in [0.5, 0.6) is 11.5 Å². The van der Waals surface area contributed by atoms with Gasteiger partial charge in [0.25, 0.3) is 0 Å². The summed E-state index contributed by atoms with van der Waals surface area (Å²) < 4.78 is 10.7. The Morgan fingerprint density at radius 2 is 1.89 bits per heavy atom. The third kappa shape index (κ3) is 7.29. The van der Waals surface area contributed by atoms with Gasteiger partial charge in [-0.3, -0.25) is 4.99 Å². The molecule has 152 valence electrons. The van der Waals surface area contributed by atoms with E-state index in [-0.39, 0.29) is 0 Å². The zero-order chi connectivity index (χ0) is 19.5. The quantitative estimate of drug-likeness (QED) is 0.512. The second-order valence-corrected chi connectivity index (χ2v) is 7.16. The monoisotopic (exact) mass is 376 g/mol. The number of piperidine rings is 1. The van der Waals surface area contributed by atoms with Gasteiger partial charge in [0.05, 0.1) is 14.2 Å². The molecule has 1 aromatic rings. The van der Waals surface area contributed by atoms with E-state index in [1.165, 1.54) is 37.9 Å². The molecule has 0 aromatic heterocycles. The van der Waals surface area contributed by atoms with Gasteiger partial charge >= 0.3 is 0 Å². The number of nitrogens with one attached hydrogen (secondary N) is 2. The van der Waals surface area contributed by atoms with E-state index in [4.69, 9.17) is 14.5 Å². The lowest BCUT2D eigenvalue weighted by atomic mass is 9.94. The molecular weight excluding hydrogens is 340 g/mol. The van der Waals surface area contributed by atoms with E-state index < -0.39 is 0 Å². The summed E-state index contributed by atoms with van der Waals surface area (Å²) >= 11 is 0. The van der Waals surface area contributed by atoms with Gasteiger partial charge < -0.3 is 25.0 Å². The molecule has 0 radical (unpaired) electrons. The molecule has 0 amide bonds. The van der Waals surface area contributed by atoms with Crippen LogP contribution < -0.4 is 20.1 Å². The SMILES string of the molecule is CCNC(=NCCC1CCN(C)CC1)NCCc1ccc(OC)c(OC)c1. The van der Waals surface area contributed by atoms with Gasteiger partial charge in [0.1, 0.15) is 0 Å². The third-order valence-electron chi connectivity index (χ3n) is 5.14. The molecule has 1 aliphatic rings. The average Bonchev–Trinajstić information content (AvgIpc) is 2.69. The van der Waals surface area contributed by atoms with Gasteiger partial charge in [-0.2, -0.15) is 0 Å². The minimum absolute atomic E-state index is 0.762. The largest absolute Gasteiger partial charge is 0.493 e. The summed E-state index contributed by atoms with van der Waals surface area (Å²) in [6, 6.07) is 6.06. The minimum atomic E-state index is 0.762. The number of nitrogens with zero attached hydrogens (tertiary/aromatic N) is 2. The molecule has 6 nitrogen and oxygen atoms in total. The number of guanidine groups is 1. The first-order chi connectivity index (χ1) is 13.2. The van der Waals surface area contributed by atoms with Gasteiger partial charge in [-0.05, 0) is 76.4 Å². The fraction of sp³-hybridized carbons (Fsp3) is 0.667. The smallest absolute Gasteiger partial charge is 0.191 e. The van der Waals surface area contributed by atoms with Crippen molar-refractivity contribution in [1.29, 1.82) is 0 Å². The van der Waals surface area contributed by atoms with Crippen molar-refractivity contribution in [3.8, 4) is 11.5 Å². The van der Waals surface area contributed by atoms with Crippen molar-refractivity contribution in [2.75, 3.05) is 54.0 Å². The highest BCUT2D eigenvalue weighted by atomic mass is 16.5. The molecule has 1 heterocycles. The summed E-state index contributed by atoms with van der Waals surface area (Å²) in [6.07, 6.45) is 4.68. The summed E-state index contributed by atoms with van der Waals surface area (Å²) in [6.45, 7) is 7.13. The van der Waals surface area contributed by atoms with E-state index in [0.717, 1.165) is 49.4 Å². The molecule has 2 rings (SSSR count). The fourth-order valence-electron chi connectivity index (χ4n) is 3.41. The Labute approximate surface area is 164 Å². The number of hydrogen-bond donors (Lipinski definition) is 2. The predicted octanol–water partition coefficient (Wildman–Crippen LogP) is 2.53. The highest BCUT2D eigenvalue weighted by molar-refractivity contribution is 5.79. The molecule has 6 heteroatoms. The van der Waals surface area contributed by atoms with Crippen LogP contribution in [0.2, 0.25) is 0 Å². The van der Waals surface area contributed by atoms with E-state index in [9.17, 15) is 0 Å². The molecule has 1 saturated heterocycles. The zero-order valence-electron chi connectivity index (χ0n) is 17.4. The lowest BCUT2D eigenvalue weighted by Crippen LogP contribution is -2.38. The maximum Gasteiger partial charge on any atom is 0.191 e. The van der Waals surface area contributed by atoms with Crippen molar-refractivity contribution in [2.45, 2.75) is 32.6 Å². The lowest BCUT2D eigenvalue weighted by Gasteiger charge is -2.28. The number of aliphatic imine (C=N–C) groups is 1. The topological polar surface area (TPSA) is 58.1 Å². The molecule has 0 bridgehead atoms. The molecule has 1 aromatic carbocycles. The van der Waals surface area contributed by atoms with Crippen LogP contribution in [-0.4, -0.2) is 64.9 Å². The van der Waals surface area contributed by atoms with Gasteiger partial charge in [-0.1, -0.05) is 6.07 Å². The van der Waals surface area contributed by atoms with E-state index in [1.807, 2.05) is 12.1 Å². The minimum Gasteiger partial charge on any atom is -0.493 e. The van der Waals surface area contributed by atoms with Gasteiger partial charge in [-0.15, -0.1) is 0 Å². The van der Waals surface area contributed by atoms with E-state index >= 15 is 0 Å². The van der Waals surface area contributed by atoms with Gasteiger partial charge in [-0.25, -0.2) is 0 Å². The Bertz CT molecular complexity index is 584. The Balaban J connectivity index is 1.78. The summed E-state index contributed by atoms with van der Waals surface area (Å²) in [7, 11) is 5.53. The van der Waals surface area contributed by atoms with Crippen molar-refractivity contribution in [3.05, 3.63) is 23.8 Å². The molecule has 27 heavy (non-hydrogen) atoms. The van der Waals surface area contributed by atoms with Crippen LogP contribution >= 0.6 is 0 Å². The molecule has 0 spiro atoms. The predicted molar refractivity (Wildman–Crippen MR) is 112 cm³/mol. The van der Waals surface area contributed by atoms with Crippen molar-refractivity contribution < 1.29 is 9.47 Å². The summed E-state index contributed by atoms with van der Waals surface area (Å²) in [4.78, 5) is 7.17. The number of methoxy groups -OCH3 is 2. The zero-order valence-corrected chi connectivity index (χ0v) is 17.4. The van der Waals surface area contributed by atoms with Gasteiger partial charge in [0, 0.05) is 19.6 Å². The molecular formula is C21H36N4O2. The average molecular weight is 377 g/mol. The van der Waals surface area contributed by atoms with E-state index in [2.05, 4.69) is 35.6 Å². The van der Waals surface area contributed by atoms with Crippen LogP contribution in [0.3, 0.4) is 0 Å². The van der Waals surface area contributed by atoms with Crippen LogP contribution in [-0.2, 0) is 6.42 Å². The Hall–Kier alpha value is -1.95. The number of benzene rings is 1. The van der Waals surface area contributed by atoms with Crippen LogP contribution in [0.1, 0.15) is 31.7 Å². The highest BCUT2D eigenvalue weighted by Gasteiger charge is 2.15. The van der Waals surface area contributed by atoms with Crippen LogP contribution in [0.15, 0.2) is 23.2 Å². The number of ether oxygens (including phenoxy) is 2. The standard InChI is InChI=1S/C21H36N4O2/c1-5-22-21(23-12-8-17-10-14-25(2)15-11-17)24-13-9-18-6-7-19(26-3)20(16-18)27-4/h6-7,16-17H,5,8-15H2,1-4H3,(H2,22,23,24). The molecule has 1 fully saturated rings. The molecule has 0 unspecified atom stereocenters. The van der Waals surface area contributed by atoms with Crippen molar-refractivity contribution in [3.63, 3.8) is 0 Å². The Kier molecular flexibility index (Phi) is 9.25. The van der Waals surface area contributed by atoms with Crippen molar-refractivity contribution in [2.24, 2.45) is 10.9 Å². The van der Waals surface area contributed by atoms with Crippen molar-refractivity contribution in [1.82, 2.24) is 15.5 Å². The molecule has 1 aliphatic heterocycles. The van der Waals surface area contributed by atoms with E-state index in [1.54, 1.807) is 14.2 Å². The first-order valence-electron chi connectivity index (χ1n) is 10.1. The van der Waals surface area contributed by atoms with Crippen molar-refractivity contribution >= 4 is 5.96 Å². The second kappa shape index (κ2) is 11.7. The summed E-state index contributed by atoms with van der Waals surface area (Å²) in [5.74, 6) is 3.26. The Morgan fingerprint density at radius 3 is 2.56 bits per heavy atom. The number of rotatable bonds is 9. The second-order valence-electron chi connectivity index (χ2n) is 7.16. The first-order valence-corrected chi connectivity index (χ1v) is 10.1. The molecule has 0 aliphatic carbocycles. The summed E-state index contributed by atoms with van der Waals surface area (Å²) in [5.41, 5.74) is 1.21. The fourth-order valence-corrected chi connectivity index (χ4v) is 3.41. The maximum absolute atomic E-state index is 5.38. The summed E-state index contributed by atoms with van der Waals surface area (Å²) in [5, 5.41) is 6.78. The molecule has 0 saturated carbocycles. The van der Waals surface area contributed by atoms with Gasteiger partial charge in [0.2, 0.25) is 0 Å². The number of likely N-dealkylation sites (tertiary alicyclic amines) is 1. The van der Waals surface area contributed by atoms with Crippen LogP contribution in [0, 0.1) is 5.92 Å². The number of hydrogen-bond acceptors (Lipinski definition) is 4. The first kappa shape index (κ1) is 21.4. The highest BCUT2D eigenvalue weighted by Crippen LogP contribution is 2.27. The molecule has 0 atom stereocenters. The third-order valence-corrected chi connectivity index (χ3v) is 5.14. The van der Waals surface area contributed by atoms with E-state index in [0.29, 0.717) is 0 Å². The molecule has 2 N–H and O–H groups in total.